The minimum absolute atomic E-state index is 0.0858. The van der Waals surface area contributed by atoms with Crippen LogP contribution in [0.25, 0.3) is 0 Å². The van der Waals surface area contributed by atoms with Gasteiger partial charge in [-0.15, -0.1) is 0 Å². The van der Waals surface area contributed by atoms with Gasteiger partial charge >= 0.3 is 5.97 Å². The highest BCUT2D eigenvalue weighted by Crippen LogP contribution is 2.36. The Morgan fingerprint density at radius 2 is 1.95 bits per heavy atom. The fourth-order valence-electron chi connectivity index (χ4n) is 1.97. The lowest BCUT2D eigenvalue weighted by Gasteiger charge is -2.08. The molecular weight excluding hydrogens is 277 g/mol. The number of hydrogen-bond donors (Lipinski definition) is 1. The molecule has 5 nitrogen and oxygen atoms in total. The number of nitrogen functional groups attached to an aromatic ring is 1. The zero-order valence-corrected chi connectivity index (χ0v) is 11.0. The fraction of sp³-hybridized carbons (Fsp3) is 0.133. The molecule has 0 amide bonds. The van der Waals surface area contributed by atoms with Crippen LogP contribution in [-0.4, -0.2) is 12.8 Å². The van der Waals surface area contributed by atoms with Gasteiger partial charge in [0.2, 0.25) is 6.79 Å². The minimum atomic E-state index is -0.644. The van der Waals surface area contributed by atoms with E-state index in [1.807, 2.05) is 0 Å². The first-order chi connectivity index (χ1) is 10.1. The number of anilines is 1. The second-order valence-electron chi connectivity index (χ2n) is 4.46. The molecule has 0 saturated heterocycles. The molecule has 6 heteroatoms. The van der Waals surface area contributed by atoms with E-state index < -0.39 is 11.8 Å². The molecule has 0 aromatic heterocycles. The molecule has 3 rings (SSSR count). The summed E-state index contributed by atoms with van der Waals surface area (Å²) in [6, 6.07) is 9.05. The summed E-state index contributed by atoms with van der Waals surface area (Å²) < 4.78 is 28.9. The number of ether oxygens (including phenoxy) is 3. The van der Waals surface area contributed by atoms with E-state index in [2.05, 4.69) is 0 Å². The Morgan fingerprint density at radius 1 is 1.24 bits per heavy atom. The van der Waals surface area contributed by atoms with Gasteiger partial charge in [0, 0.05) is 17.7 Å². The number of fused-ring (bicyclic) bond motifs is 1. The number of esters is 1. The number of benzene rings is 2. The summed E-state index contributed by atoms with van der Waals surface area (Å²) in [4.78, 5) is 12.0. The van der Waals surface area contributed by atoms with Crippen LogP contribution >= 0.6 is 0 Å². The van der Waals surface area contributed by atoms with E-state index in [-0.39, 0.29) is 24.7 Å². The highest BCUT2D eigenvalue weighted by molar-refractivity contribution is 5.96. The lowest BCUT2D eigenvalue weighted by molar-refractivity contribution is 0.0470. The van der Waals surface area contributed by atoms with Crippen LogP contribution in [-0.2, 0) is 11.3 Å². The predicted molar refractivity (Wildman–Crippen MR) is 72.5 cm³/mol. The van der Waals surface area contributed by atoms with Gasteiger partial charge in [-0.05, 0) is 6.07 Å². The Balaban J connectivity index is 1.76. The SMILES string of the molecule is Nc1cc2c(cc1C(=O)OCc1ccccc1F)OCO2. The summed E-state index contributed by atoms with van der Waals surface area (Å²) in [5.74, 6) is -0.154. The van der Waals surface area contributed by atoms with Crippen LogP contribution in [0.3, 0.4) is 0 Å². The first-order valence-electron chi connectivity index (χ1n) is 6.25. The zero-order valence-electron chi connectivity index (χ0n) is 11.0. The maximum absolute atomic E-state index is 13.4. The molecule has 0 saturated carbocycles. The molecule has 0 spiro atoms. The zero-order chi connectivity index (χ0) is 14.8. The van der Waals surface area contributed by atoms with Crippen molar-refractivity contribution >= 4 is 11.7 Å². The van der Waals surface area contributed by atoms with Crippen molar-refractivity contribution in [2.75, 3.05) is 12.5 Å². The van der Waals surface area contributed by atoms with Crippen LogP contribution in [0.4, 0.5) is 10.1 Å². The van der Waals surface area contributed by atoms with E-state index in [4.69, 9.17) is 19.9 Å². The normalized spacial score (nSPS) is 12.2. The van der Waals surface area contributed by atoms with Crippen LogP contribution < -0.4 is 15.2 Å². The van der Waals surface area contributed by atoms with Crippen molar-refractivity contribution in [2.24, 2.45) is 0 Å². The number of rotatable bonds is 3. The molecule has 2 N–H and O–H groups in total. The summed E-state index contributed by atoms with van der Waals surface area (Å²) in [5.41, 5.74) is 6.46. The van der Waals surface area contributed by atoms with Gasteiger partial charge in [0.15, 0.2) is 11.5 Å². The van der Waals surface area contributed by atoms with Crippen LogP contribution in [0.5, 0.6) is 11.5 Å². The molecule has 0 atom stereocenters. The first kappa shape index (κ1) is 13.2. The van der Waals surface area contributed by atoms with Crippen molar-refractivity contribution in [1.82, 2.24) is 0 Å². The quantitative estimate of drug-likeness (QED) is 0.694. The van der Waals surface area contributed by atoms with E-state index in [1.54, 1.807) is 18.2 Å². The number of nitrogens with two attached hydrogens (primary N) is 1. The summed E-state index contributed by atoms with van der Waals surface area (Å²) in [6.07, 6.45) is 0. The fourth-order valence-corrected chi connectivity index (χ4v) is 1.97. The van der Waals surface area contributed by atoms with Gasteiger partial charge in [-0.2, -0.15) is 0 Å². The van der Waals surface area contributed by atoms with E-state index >= 15 is 0 Å². The van der Waals surface area contributed by atoms with Crippen LogP contribution in [0.15, 0.2) is 36.4 Å². The summed E-state index contributed by atoms with van der Waals surface area (Å²) >= 11 is 0. The lowest BCUT2D eigenvalue weighted by Crippen LogP contribution is -2.09. The molecule has 2 aromatic carbocycles. The van der Waals surface area contributed by atoms with Crippen molar-refractivity contribution in [3.05, 3.63) is 53.3 Å². The van der Waals surface area contributed by atoms with E-state index in [0.29, 0.717) is 17.1 Å². The summed E-state index contributed by atoms with van der Waals surface area (Å²) in [5, 5.41) is 0. The highest BCUT2D eigenvalue weighted by Gasteiger charge is 2.20. The standard InChI is InChI=1S/C15H12FNO4/c16-11-4-2-1-3-9(11)7-19-15(18)10-5-13-14(6-12(10)17)21-8-20-13/h1-6H,7-8,17H2. The molecule has 0 unspecified atom stereocenters. The Labute approximate surface area is 120 Å². The molecule has 21 heavy (non-hydrogen) atoms. The third-order valence-corrected chi connectivity index (χ3v) is 3.08. The maximum Gasteiger partial charge on any atom is 0.340 e. The van der Waals surface area contributed by atoms with Crippen molar-refractivity contribution in [3.63, 3.8) is 0 Å². The Bertz CT molecular complexity index is 702. The molecule has 2 aromatic rings. The molecule has 108 valence electrons. The molecule has 1 aliphatic rings. The number of hydrogen-bond acceptors (Lipinski definition) is 5. The summed E-state index contributed by atoms with van der Waals surface area (Å²) in [6.45, 7) is -0.0815. The topological polar surface area (TPSA) is 70.8 Å². The van der Waals surface area contributed by atoms with Gasteiger partial charge in [-0.25, -0.2) is 9.18 Å². The first-order valence-corrected chi connectivity index (χ1v) is 6.25. The number of carbonyl (C=O) groups excluding carboxylic acids is 1. The van der Waals surface area contributed by atoms with Crippen molar-refractivity contribution in [2.45, 2.75) is 6.61 Å². The smallest absolute Gasteiger partial charge is 0.340 e. The maximum atomic E-state index is 13.4. The van der Waals surface area contributed by atoms with Gasteiger partial charge in [0.25, 0.3) is 0 Å². The average molecular weight is 289 g/mol. The van der Waals surface area contributed by atoms with Gasteiger partial charge in [-0.3, -0.25) is 0 Å². The second-order valence-corrected chi connectivity index (χ2v) is 4.46. The van der Waals surface area contributed by atoms with Crippen molar-refractivity contribution in [1.29, 1.82) is 0 Å². The summed E-state index contributed by atoms with van der Waals surface area (Å²) in [7, 11) is 0. The van der Waals surface area contributed by atoms with Gasteiger partial charge in [-0.1, -0.05) is 18.2 Å². The van der Waals surface area contributed by atoms with E-state index in [9.17, 15) is 9.18 Å². The Hall–Kier alpha value is -2.76. The predicted octanol–water partition coefficient (Wildman–Crippen LogP) is 2.49. The third-order valence-electron chi connectivity index (χ3n) is 3.08. The van der Waals surface area contributed by atoms with Gasteiger partial charge in [0.1, 0.15) is 12.4 Å². The molecule has 1 heterocycles. The molecule has 1 aliphatic heterocycles. The van der Waals surface area contributed by atoms with Crippen molar-refractivity contribution in [3.8, 4) is 11.5 Å². The highest BCUT2D eigenvalue weighted by atomic mass is 19.1. The third kappa shape index (κ3) is 2.60. The number of carbonyl (C=O) groups is 1. The van der Waals surface area contributed by atoms with Gasteiger partial charge in [0.05, 0.1) is 11.3 Å². The molecule has 0 fully saturated rings. The molecule has 0 aliphatic carbocycles. The molecule has 0 radical (unpaired) electrons. The van der Waals surface area contributed by atoms with E-state index in [1.165, 1.54) is 18.2 Å². The molecule has 0 bridgehead atoms. The second kappa shape index (κ2) is 5.32. The van der Waals surface area contributed by atoms with Crippen LogP contribution in [0.2, 0.25) is 0 Å². The molecular formula is C15H12FNO4. The monoisotopic (exact) mass is 289 g/mol. The average Bonchev–Trinajstić information content (AvgIpc) is 2.92. The van der Waals surface area contributed by atoms with Crippen molar-refractivity contribution < 1.29 is 23.4 Å². The van der Waals surface area contributed by atoms with Gasteiger partial charge < -0.3 is 19.9 Å². The van der Waals surface area contributed by atoms with Crippen LogP contribution in [0, 0.1) is 5.82 Å². The number of halogens is 1. The Morgan fingerprint density at radius 3 is 2.71 bits per heavy atom. The van der Waals surface area contributed by atoms with E-state index in [0.717, 1.165) is 0 Å². The largest absolute Gasteiger partial charge is 0.457 e. The van der Waals surface area contributed by atoms with Crippen LogP contribution in [0.1, 0.15) is 15.9 Å². The Kier molecular flexibility index (Phi) is 3.35. The lowest BCUT2D eigenvalue weighted by atomic mass is 10.1. The minimum Gasteiger partial charge on any atom is -0.457 e.